The van der Waals surface area contributed by atoms with Gasteiger partial charge in [-0.3, -0.25) is 18.9 Å². The van der Waals surface area contributed by atoms with E-state index in [0.717, 1.165) is 15.7 Å². The van der Waals surface area contributed by atoms with Crippen LogP contribution in [-0.4, -0.2) is 82.3 Å². The van der Waals surface area contributed by atoms with Gasteiger partial charge in [0.25, 0.3) is 0 Å². The SMILES string of the molecule is C[C@@H]1C(n2cnc3c(N(C)NS(C)(=O)=O)nc(N)nc32)OC(COP(=O)(NC(C)(C)C(=O)OC(C)(C)C)Oc2ccc(Br)cc2)[C@H]1O. The fourth-order valence-electron chi connectivity index (χ4n) is 4.66. The lowest BCUT2D eigenvalue weighted by atomic mass is 10.0. The van der Waals surface area contributed by atoms with E-state index >= 15 is 0 Å². The molecule has 1 aliphatic heterocycles. The molecule has 0 bridgehead atoms. The number of aliphatic hydroxyl groups excluding tert-OH is 1. The van der Waals surface area contributed by atoms with Gasteiger partial charge in [0.2, 0.25) is 16.0 Å². The predicted molar refractivity (Wildman–Crippen MR) is 177 cm³/mol. The van der Waals surface area contributed by atoms with Gasteiger partial charge in [-0.1, -0.05) is 22.9 Å². The van der Waals surface area contributed by atoms with Crippen molar-refractivity contribution in [2.45, 2.75) is 71.1 Å². The van der Waals surface area contributed by atoms with Gasteiger partial charge in [0.1, 0.15) is 29.2 Å². The molecule has 3 unspecified atom stereocenters. The summed E-state index contributed by atoms with van der Waals surface area (Å²) < 4.78 is 63.4. The standard InChI is InChI=1S/C27H40BrN8O9PS/c1-15-20(37)18(43-23(15)36-14-30-19-21(31-25(29)32-22(19)36)35(7)34-47(8,40)41)13-42-46(39,45-17-11-9-16(28)10-12-17)33-27(5,6)24(38)44-26(2,3)4/h9-12,14-15,18,20,23,34,37H,13H2,1-8H3,(H,33,39)(H2,29,31,32)/t15-,18?,20-,23?,46?/m0/s1. The molecule has 5 N–H and O–H groups in total. The number of benzene rings is 1. The molecule has 3 heterocycles. The van der Waals surface area contributed by atoms with Crippen molar-refractivity contribution in [3.05, 3.63) is 35.1 Å². The highest BCUT2D eigenvalue weighted by atomic mass is 79.9. The number of carbonyl (C=O) groups is 1. The molecule has 1 fully saturated rings. The normalized spacial score (nSPS) is 21.8. The number of hydrogen-bond donors (Lipinski definition) is 4. The summed E-state index contributed by atoms with van der Waals surface area (Å²) in [5.41, 5.74) is 4.04. The van der Waals surface area contributed by atoms with Crippen molar-refractivity contribution in [3.8, 4) is 5.75 Å². The molecule has 1 aliphatic rings. The highest BCUT2D eigenvalue weighted by Crippen LogP contribution is 2.48. The van der Waals surface area contributed by atoms with Gasteiger partial charge in [0.15, 0.2) is 17.0 Å². The van der Waals surface area contributed by atoms with Crippen molar-refractivity contribution < 1.29 is 41.4 Å². The van der Waals surface area contributed by atoms with Gasteiger partial charge in [-0.25, -0.2) is 18.0 Å². The maximum Gasteiger partial charge on any atom is 0.459 e. The summed E-state index contributed by atoms with van der Waals surface area (Å²) in [6.45, 7) is 9.41. The number of sulfonamides is 1. The molecule has 4 rings (SSSR count). The largest absolute Gasteiger partial charge is 0.459 e. The van der Waals surface area contributed by atoms with Crippen LogP contribution in [-0.2, 0) is 33.4 Å². The quantitative estimate of drug-likeness (QED) is 0.118. The average Bonchev–Trinajstić information content (AvgIpc) is 3.46. The molecular weight excluding hydrogens is 723 g/mol. The Labute approximate surface area is 281 Å². The molecule has 5 atom stereocenters. The van der Waals surface area contributed by atoms with Crippen LogP contribution in [0.2, 0.25) is 0 Å². The van der Waals surface area contributed by atoms with Crippen LogP contribution in [0.4, 0.5) is 11.8 Å². The number of aliphatic hydroxyl groups is 1. The molecule has 260 valence electrons. The zero-order chi connectivity index (χ0) is 35.1. The third kappa shape index (κ3) is 9.17. The number of anilines is 2. The first-order valence-electron chi connectivity index (χ1n) is 14.3. The average molecular weight is 764 g/mol. The minimum atomic E-state index is -4.33. The Hall–Kier alpha value is -2.90. The van der Waals surface area contributed by atoms with Crippen LogP contribution >= 0.6 is 23.7 Å². The number of ether oxygens (including phenoxy) is 2. The molecule has 1 saturated heterocycles. The summed E-state index contributed by atoms with van der Waals surface area (Å²) in [6.07, 6.45) is -0.602. The van der Waals surface area contributed by atoms with E-state index in [0.29, 0.717) is 0 Å². The first kappa shape index (κ1) is 36.9. The van der Waals surface area contributed by atoms with Crippen molar-refractivity contribution in [1.82, 2.24) is 29.4 Å². The van der Waals surface area contributed by atoms with Gasteiger partial charge >= 0.3 is 13.7 Å². The summed E-state index contributed by atoms with van der Waals surface area (Å²) >= 11 is 3.34. The molecule has 47 heavy (non-hydrogen) atoms. The molecule has 0 amide bonds. The van der Waals surface area contributed by atoms with Gasteiger partial charge in [0, 0.05) is 17.4 Å². The Morgan fingerprint density at radius 1 is 1.21 bits per heavy atom. The lowest BCUT2D eigenvalue weighted by Gasteiger charge is -2.32. The summed E-state index contributed by atoms with van der Waals surface area (Å²) in [5.74, 6) is -1.13. The molecule has 0 saturated carbocycles. The number of hydrogen-bond acceptors (Lipinski definition) is 14. The van der Waals surface area contributed by atoms with Crippen LogP contribution in [0.15, 0.2) is 35.1 Å². The number of carbonyl (C=O) groups excluding carboxylic acids is 1. The van der Waals surface area contributed by atoms with E-state index in [4.69, 9.17) is 24.3 Å². The topological polar surface area (TPSA) is 222 Å². The van der Waals surface area contributed by atoms with E-state index in [2.05, 4.69) is 40.8 Å². The second-order valence-corrected chi connectivity index (χ2v) is 16.9. The summed E-state index contributed by atoms with van der Waals surface area (Å²) in [6, 6.07) is 6.49. The smallest absolute Gasteiger partial charge is 0.459 e. The van der Waals surface area contributed by atoms with Crippen LogP contribution < -0.4 is 25.2 Å². The number of hydrazine groups is 1. The summed E-state index contributed by atoms with van der Waals surface area (Å²) in [4.78, 5) is 28.0. The molecule has 0 aliphatic carbocycles. The lowest BCUT2D eigenvalue weighted by molar-refractivity contribution is -0.161. The minimum Gasteiger partial charge on any atom is -0.459 e. The summed E-state index contributed by atoms with van der Waals surface area (Å²) in [7, 11) is -6.55. The molecule has 3 aromatic rings. The predicted octanol–water partition coefficient (Wildman–Crippen LogP) is 2.88. The number of nitrogens with zero attached hydrogens (tertiary/aromatic N) is 5. The summed E-state index contributed by atoms with van der Waals surface area (Å²) in [5, 5.41) is 15.0. The van der Waals surface area contributed by atoms with Crippen molar-refractivity contribution in [1.29, 1.82) is 0 Å². The molecule has 17 nitrogen and oxygen atoms in total. The van der Waals surface area contributed by atoms with E-state index in [-0.39, 0.29) is 28.7 Å². The van der Waals surface area contributed by atoms with Gasteiger partial charge in [-0.15, -0.1) is 4.83 Å². The lowest BCUT2D eigenvalue weighted by Crippen LogP contribution is -2.49. The molecule has 2 aromatic heterocycles. The van der Waals surface area contributed by atoms with E-state index in [1.165, 1.54) is 31.8 Å². The van der Waals surface area contributed by atoms with Crippen LogP contribution in [0.5, 0.6) is 5.75 Å². The highest BCUT2D eigenvalue weighted by molar-refractivity contribution is 9.10. The molecule has 20 heteroatoms. The number of fused-ring (bicyclic) bond motifs is 1. The van der Waals surface area contributed by atoms with Crippen molar-refractivity contribution in [2.24, 2.45) is 5.92 Å². The van der Waals surface area contributed by atoms with E-state index in [9.17, 15) is 22.9 Å². The van der Waals surface area contributed by atoms with Gasteiger partial charge in [0.05, 0.1) is 25.3 Å². The molecule has 0 radical (unpaired) electrons. The van der Waals surface area contributed by atoms with Crippen LogP contribution in [0.25, 0.3) is 11.2 Å². The fraction of sp³-hybridized carbons (Fsp3) is 0.556. The third-order valence-corrected chi connectivity index (χ3v) is 9.68. The van der Waals surface area contributed by atoms with Crippen molar-refractivity contribution in [3.63, 3.8) is 0 Å². The van der Waals surface area contributed by atoms with Crippen LogP contribution in [0, 0.1) is 5.92 Å². The zero-order valence-corrected chi connectivity index (χ0v) is 30.5. The molecule has 0 spiro atoms. The Balaban J connectivity index is 1.59. The second-order valence-electron chi connectivity index (χ2n) is 12.6. The van der Waals surface area contributed by atoms with E-state index in [1.54, 1.807) is 52.0 Å². The number of rotatable bonds is 12. The number of nitrogens with two attached hydrogens (primary N) is 1. The van der Waals surface area contributed by atoms with Crippen LogP contribution in [0.3, 0.4) is 0 Å². The maximum atomic E-state index is 14.2. The van der Waals surface area contributed by atoms with Crippen molar-refractivity contribution >= 4 is 62.6 Å². The Morgan fingerprint density at radius 3 is 2.45 bits per heavy atom. The number of nitrogens with one attached hydrogen (secondary N) is 2. The van der Waals surface area contributed by atoms with Gasteiger partial charge in [-0.05, 0) is 58.9 Å². The number of aromatic nitrogens is 4. The third-order valence-electron chi connectivity index (χ3n) is 6.77. The van der Waals surface area contributed by atoms with Crippen LogP contribution in [0.1, 0.15) is 47.8 Å². The monoisotopic (exact) mass is 762 g/mol. The Morgan fingerprint density at radius 2 is 1.85 bits per heavy atom. The number of halogens is 1. The van der Waals surface area contributed by atoms with Crippen molar-refractivity contribution in [2.75, 3.05) is 30.7 Å². The minimum absolute atomic E-state index is 0.0902. The Kier molecular flexibility index (Phi) is 10.6. The van der Waals surface area contributed by atoms with Gasteiger partial charge in [-0.2, -0.15) is 15.1 Å². The molecule has 1 aromatic carbocycles. The first-order chi connectivity index (χ1) is 21.6. The fourth-order valence-corrected chi connectivity index (χ4v) is 7.19. The number of nitrogen functional groups attached to an aromatic ring is 1. The molecular formula is C27H40BrN8O9PS. The second kappa shape index (κ2) is 13.5. The van der Waals surface area contributed by atoms with E-state index < -0.39 is 65.8 Å². The highest BCUT2D eigenvalue weighted by Gasteiger charge is 2.46. The number of imidazole rings is 1. The maximum absolute atomic E-state index is 14.2. The number of esters is 1. The first-order valence-corrected chi connectivity index (χ1v) is 18.6. The van der Waals surface area contributed by atoms with Gasteiger partial charge < -0.3 is 24.8 Å². The van der Waals surface area contributed by atoms with E-state index in [1.807, 2.05) is 0 Å². The Bertz CT molecular complexity index is 1770. The zero-order valence-electron chi connectivity index (χ0n) is 27.2.